The van der Waals surface area contributed by atoms with Crippen molar-refractivity contribution in [3.8, 4) is 22.3 Å². The maximum absolute atomic E-state index is 15.3. The van der Waals surface area contributed by atoms with E-state index < -0.39 is 11.6 Å². The number of allylic oxidation sites excluding steroid dienone is 2. The molecule has 1 unspecified atom stereocenters. The van der Waals surface area contributed by atoms with E-state index in [1.54, 1.807) is 37.3 Å². The molecule has 0 bridgehead atoms. The van der Waals surface area contributed by atoms with Crippen LogP contribution in [-0.4, -0.2) is 0 Å². The largest absolute Gasteiger partial charge is 0.206 e. The van der Waals surface area contributed by atoms with Crippen LogP contribution in [-0.2, 0) is 0 Å². The fourth-order valence-electron chi connectivity index (χ4n) is 6.82. The number of aryl methyl sites for hydroxylation is 1. The van der Waals surface area contributed by atoms with Gasteiger partial charge in [-0.15, -0.1) is 0 Å². The monoisotopic (exact) mass is 530 g/mol. The molecule has 0 heterocycles. The molecule has 39 heavy (non-hydrogen) atoms. The molecular weight excluding hydrogens is 489 g/mol. The van der Waals surface area contributed by atoms with E-state index in [0.717, 1.165) is 53.7 Å². The molecule has 1 fully saturated rings. The van der Waals surface area contributed by atoms with E-state index in [1.165, 1.54) is 51.4 Å². The highest BCUT2D eigenvalue weighted by atomic mass is 19.2. The van der Waals surface area contributed by atoms with Crippen molar-refractivity contribution in [3.63, 3.8) is 0 Å². The summed E-state index contributed by atoms with van der Waals surface area (Å²) in [7, 11) is 0. The van der Waals surface area contributed by atoms with Crippen molar-refractivity contribution in [3.05, 3.63) is 89.3 Å². The van der Waals surface area contributed by atoms with Gasteiger partial charge in [-0.3, -0.25) is 0 Å². The third kappa shape index (κ3) is 6.34. The molecule has 0 radical (unpaired) electrons. The lowest BCUT2D eigenvalue weighted by Crippen LogP contribution is -2.23. The van der Waals surface area contributed by atoms with Crippen LogP contribution in [0, 0.1) is 42.1 Å². The number of rotatable bonds is 8. The van der Waals surface area contributed by atoms with Crippen LogP contribution in [0.2, 0.25) is 0 Å². The first-order valence-corrected chi connectivity index (χ1v) is 15.0. The molecule has 3 aromatic rings. The zero-order chi connectivity index (χ0) is 27.4. The molecule has 1 saturated carbocycles. The van der Waals surface area contributed by atoms with Crippen LogP contribution < -0.4 is 0 Å². The van der Waals surface area contributed by atoms with Gasteiger partial charge in [-0.25, -0.2) is 13.2 Å². The molecule has 206 valence electrons. The molecule has 0 nitrogen and oxygen atoms in total. The van der Waals surface area contributed by atoms with Gasteiger partial charge in [0.2, 0.25) is 0 Å². The molecule has 0 amide bonds. The summed E-state index contributed by atoms with van der Waals surface area (Å²) >= 11 is 0. The number of hydrogen-bond donors (Lipinski definition) is 0. The van der Waals surface area contributed by atoms with Gasteiger partial charge in [0.25, 0.3) is 0 Å². The number of unbranched alkanes of at least 4 members (excludes halogenated alkanes) is 2. The zero-order valence-corrected chi connectivity index (χ0v) is 23.4. The molecule has 3 heteroatoms. The SMILES string of the molecule is CCCCCC1CCC(C2CC=C(c3ccc(-c4ccc(-c5ccc(C)c(F)c5F)cc4)cc3F)CC2)CC1. The summed E-state index contributed by atoms with van der Waals surface area (Å²) in [6.07, 6.45) is 16.5. The van der Waals surface area contributed by atoms with Crippen LogP contribution in [0.15, 0.2) is 60.7 Å². The molecule has 0 aliphatic heterocycles. The van der Waals surface area contributed by atoms with Crippen molar-refractivity contribution in [2.45, 2.75) is 84.5 Å². The molecule has 0 spiro atoms. The standard InChI is InChI=1S/C36H41F3/c1-3-4-5-6-25-8-10-26(11-9-25)27-12-16-29(17-13-27)32-22-20-31(23-34(32)37)28-14-18-30(19-15-28)33-21-7-24(2)35(38)36(33)39/h7,14-16,18-23,25-27H,3-6,8-13,17H2,1-2H3. The third-order valence-electron chi connectivity index (χ3n) is 9.35. The van der Waals surface area contributed by atoms with Crippen LogP contribution in [0.1, 0.15) is 88.7 Å². The van der Waals surface area contributed by atoms with E-state index >= 15 is 4.39 Å². The van der Waals surface area contributed by atoms with E-state index in [9.17, 15) is 8.78 Å². The van der Waals surface area contributed by atoms with Crippen LogP contribution in [0.3, 0.4) is 0 Å². The van der Waals surface area contributed by atoms with Gasteiger partial charge in [0.15, 0.2) is 11.6 Å². The highest BCUT2D eigenvalue weighted by Crippen LogP contribution is 2.42. The summed E-state index contributed by atoms with van der Waals surface area (Å²) in [6, 6.07) is 15.8. The van der Waals surface area contributed by atoms with E-state index in [2.05, 4.69) is 13.0 Å². The van der Waals surface area contributed by atoms with Gasteiger partial charge in [0.05, 0.1) is 0 Å². The smallest absolute Gasteiger partial charge is 0.166 e. The number of hydrogen-bond acceptors (Lipinski definition) is 0. The Kier molecular flexibility index (Phi) is 8.95. The summed E-state index contributed by atoms with van der Waals surface area (Å²) in [6.45, 7) is 3.83. The molecule has 0 saturated heterocycles. The maximum atomic E-state index is 15.3. The second-order valence-electron chi connectivity index (χ2n) is 11.9. The second-order valence-corrected chi connectivity index (χ2v) is 11.9. The van der Waals surface area contributed by atoms with Crippen molar-refractivity contribution in [1.82, 2.24) is 0 Å². The topological polar surface area (TPSA) is 0 Å². The molecule has 1 atom stereocenters. The Bertz CT molecular complexity index is 1300. The van der Waals surface area contributed by atoms with E-state index in [1.807, 2.05) is 24.3 Å². The first kappa shape index (κ1) is 27.7. The summed E-state index contributed by atoms with van der Waals surface area (Å²) in [5.41, 5.74) is 4.59. The maximum Gasteiger partial charge on any atom is 0.166 e. The van der Waals surface area contributed by atoms with Gasteiger partial charge in [-0.05, 0) is 90.7 Å². The average Bonchev–Trinajstić information content (AvgIpc) is 2.97. The zero-order valence-electron chi connectivity index (χ0n) is 23.4. The van der Waals surface area contributed by atoms with Crippen LogP contribution in [0.25, 0.3) is 27.8 Å². The quantitative estimate of drug-likeness (QED) is 0.254. The molecule has 5 rings (SSSR count). The lowest BCUT2D eigenvalue weighted by atomic mass is 9.70. The minimum atomic E-state index is -0.837. The summed E-state index contributed by atoms with van der Waals surface area (Å²) in [4.78, 5) is 0. The van der Waals surface area contributed by atoms with Crippen LogP contribution >= 0.6 is 0 Å². The Morgan fingerprint density at radius 2 is 1.38 bits per heavy atom. The van der Waals surface area contributed by atoms with Crippen molar-refractivity contribution in [2.75, 3.05) is 0 Å². The van der Waals surface area contributed by atoms with Crippen molar-refractivity contribution < 1.29 is 13.2 Å². The summed E-state index contributed by atoms with van der Waals surface area (Å²) in [5.74, 6) is 0.681. The fourth-order valence-corrected chi connectivity index (χ4v) is 6.82. The molecule has 0 aromatic heterocycles. The van der Waals surface area contributed by atoms with Gasteiger partial charge >= 0.3 is 0 Å². The van der Waals surface area contributed by atoms with Crippen LogP contribution in [0.4, 0.5) is 13.2 Å². The van der Waals surface area contributed by atoms with Crippen LogP contribution in [0.5, 0.6) is 0 Å². The predicted molar refractivity (Wildman–Crippen MR) is 157 cm³/mol. The Balaban J connectivity index is 1.21. The van der Waals surface area contributed by atoms with E-state index in [4.69, 9.17) is 0 Å². The van der Waals surface area contributed by atoms with Crippen molar-refractivity contribution >= 4 is 5.57 Å². The lowest BCUT2D eigenvalue weighted by Gasteiger charge is -2.35. The molecular formula is C36H41F3. The summed E-state index contributed by atoms with van der Waals surface area (Å²) < 4.78 is 43.7. The molecule has 0 N–H and O–H groups in total. The van der Waals surface area contributed by atoms with Gasteiger partial charge in [-0.2, -0.15) is 0 Å². The highest BCUT2D eigenvalue weighted by Gasteiger charge is 2.29. The van der Waals surface area contributed by atoms with Crippen molar-refractivity contribution in [1.29, 1.82) is 0 Å². The minimum absolute atomic E-state index is 0.194. The number of halogens is 3. The third-order valence-corrected chi connectivity index (χ3v) is 9.35. The Labute approximate surface area is 232 Å². The van der Waals surface area contributed by atoms with E-state index in [-0.39, 0.29) is 16.9 Å². The normalized spacial score (nSPS) is 21.6. The lowest BCUT2D eigenvalue weighted by molar-refractivity contribution is 0.187. The van der Waals surface area contributed by atoms with E-state index in [0.29, 0.717) is 11.1 Å². The second kappa shape index (κ2) is 12.6. The summed E-state index contributed by atoms with van der Waals surface area (Å²) in [5, 5.41) is 0. The predicted octanol–water partition coefficient (Wildman–Crippen LogP) is 11.3. The molecule has 2 aliphatic rings. The van der Waals surface area contributed by atoms with Gasteiger partial charge in [0.1, 0.15) is 5.82 Å². The minimum Gasteiger partial charge on any atom is -0.206 e. The average molecular weight is 531 g/mol. The highest BCUT2D eigenvalue weighted by molar-refractivity contribution is 5.74. The first-order valence-electron chi connectivity index (χ1n) is 15.0. The number of benzene rings is 3. The Hall–Kier alpha value is -2.81. The Morgan fingerprint density at radius 3 is 2.05 bits per heavy atom. The molecule has 3 aromatic carbocycles. The van der Waals surface area contributed by atoms with Gasteiger partial charge < -0.3 is 0 Å². The first-order chi connectivity index (χ1) is 18.9. The van der Waals surface area contributed by atoms with Crippen molar-refractivity contribution in [2.24, 2.45) is 17.8 Å². The van der Waals surface area contributed by atoms with Gasteiger partial charge in [-0.1, -0.05) is 100 Å². The van der Waals surface area contributed by atoms with Gasteiger partial charge in [0, 0.05) is 11.1 Å². The molecule has 2 aliphatic carbocycles. The fraction of sp³-hybridized carbons (Fsp3) is 0.444. The Morgan fingerprint density at radius 1 is 0.692 bits per heavy atom.